The molecule has 2 heterocycles. The van der Waals surface area contributed by atoms with Crippen LogP contribution in [0.1, 0.15) is 5.56 Å². The second kappa shape index (κ2) is 7.30. The van der Waals surface area contributed by atoms with Crippen molar-refractivity contribution in [2.45, 2.75) is 11.8 Å². The molecule has 1 N–H and O–H groups in total. The van der Waals surface area contributed by atoms with E-state index in [1.165, 1.54) is 32.3 Å². The summed E-state index contributed by atoms with van der Waals surface area (Å²) in [5, 5.41) is 0.689. The monoisotopic (exact) mass is 427 g/mol. The van der Waals surface area contributed by atoms with Gasteiger partial charge in [-0.05, 0) is 54.4 Å². The number of hydrogen-bond donors (Lipinski definition) is 1. The van der Waals surface area contributed by atoms with Crippen molar-refractivity contribution in [2.24, 2.45) is 0 Å². The Labute approximate surface area is 173 Å². The Hall–Kier alpha value is -3.10. The fourth-order valence-corrected chi connectivity index (χ4v) is 4.37. The molecule has 0 spiro atoms. The average Bonchev–Trinajstić information content (AvgIpc) is 3.10. The van der Waals surface area contributed by atoms with Crippen LogP contribution < -0.4 is 0 Å². The molecular formula is C22H19F2N3O2S. The van der Waals surface area contributed by atoms with Crippen LogP contribution in [0.5, 0.6) is 0 Å². The average molecular weight is 427 g/mol. The number of hydrogen-bond acceptors (Lipinski definition) is 3. The van der Waals surface area contributed by atoms with Crippen molar-refractivity contribution in [3.8, 4) is 22.4 Å². The van der Waals surface area contributed by atoms with Gasteiger partial charge in [0.1, 0.15) is 17.3 Å². The molecule has 2 aromatic carbocycles. The van der Waals surface area contributed by atoms with Crippen molar-refractivity contribution < 1.29 is 17.2 Å². The maximum atomic E-state index is 14.1. The number of halogens is 2. The molecule has 154 valence electrons. The highest BCUT2D eigenvalue weighted by Crippen LogP contribution is 2.31. The molecule has 0 amide bonds. The molecule has 8 heteroatoms. The lowest BCUT2D eigenvalue weighted by Gasteiger charge is -2.13. The fourth-order valence-electron chi connectivity index (χ4n) is 3.38. The van der Waals surface area contributed by atoms with Crippen LogP contribution in [0.4, 0.5) is 8.78 Å². The summed E-state index contributed by atoms with van der Waals surface area (Å²) in [5.74, 6) is -1.31. The zero-order valence-corrected chi connectivity index (χ0v) is 17.4. The topological polar surface area (TPSA) is 66.1 Å². The van der Waals surface area contributed by atoms with Gasteiger partial charge in [0.25, 0.3) is 0 Å². The number of rotatable bonds is 4. The molecule has 0 saturated heterocycles. The van der Waals surface area contributed by atoms with Gasteiger partial charge in [-0.1, -0.05) is 12.1 Å². The summed E-state index contributed by atoms with van der Waals surface area (Å²) >= 11 is 0. The maximum absolute atomic E-state index is 14.1. The Bertz CT molecular complexity index is 1360. The van der Waals surface area contributed by atoms with E-state index in [4.69, 9.17) is 0 Å². The van der Waals surface area contributed by atoms with Crippen molar-refractivity contribution in [3.63, 3.8) is 0 Å². The molecule has 0 unspecified atom stereocenters. The highest BCUT2D eigenvalue weighted by molar-refractivity contribution is 7.89. The summed E-state index contributed by atoms with van der Waals surface area (Å²) in [6, 6.07) is 12.1. The normalized spacial score (nSPS) is 12.1. The van der Waals surface area contributed by atoms with E-state index in [1.807, 2.05) is 13.0 Å². The number of benzene rings is 2. The molecule has 4 aromatic rings. The minimum atomic E-state index is -3.53. The Balaban J connectivity index is 1.78. The third-order valence-electron chi connectivity index (χ3n) is 4.99. The first kappa shape index (κ1) is 20.2. The van der Waals surface area contributed by atoms with Gasteiger partial charge in [-0.3, -0.25) is 0 Å². The van der Waals surface area contributed by atoms with Crippen LogP contribution >= 0.6 is 0 Å². The number of fused-ring (bicyclic) bond motifs is 1. The highest BCUT2D eigenvalue weighted by Gasteiger charge is 2.19. The molecule has 30 heavy (non-hydrogen) atoms. The molecule has 0 saturated carbocycles. The SMILES string of the molecule is Cc1cc(S(=O)(=O)N(C)C)ccc1-c1cnc2[nH]c(-c3c(F)cccc3F)cc2c1. The van der Waals surface area contributed by atoms with Crippen molar-refractivity contribution in [1.82, 2.24) is 14.3 Å². The summed E-state index contributed by atoms with van der Waals surface area (Å²) < 4.78 is 54.1. The first-order valence-electron chi connectivity index (χ1n) is 9.15. The van der Waals surface area contributed by atoms with Crippen molar-refractivity contribution in [3.05, 3.63) is 71.9 Å². The minimum Gasteiger partial charge on any atom is -0.339 e. The summed E-state index contributed by atoms with van der Waals surface area (Å²) in [7, 11) is -0.558. The Morgan fingerprint density at radius 3 is 2.33 bits per heavy atom. The lowest BCUT2D eigenvalue weighted by atomic mass is 10.0. The van der Waals surface area contributed by atoms with E-state index in [0.29, 0.717) is 16.7 Å². The number of aromatic nitrogens is 2. The Morgan fingerprint density at radius 1 is 1.00 bits per heavy atom. The predicted molar refractivity (Wildman–Crippen MR) is 112 cm³/mol. The van der Waals surface area contributed by atoms with Crippen LogP contribution in [0.3, 0.4) is 0 Å². The summed E-state index contributed by atoms with van der Waals surface area (Å²) in [6.07, 6.45) is 1.64. The minimum absolute atomic E-state index is 0.133. The van der Waals surface area contributed by atoms with E-state index < -0.39 is 21.7 Å². The quantitative estimate of drug-likeness (QED) is 0.512. The van der Waals surface area contributed by atoms with E-state index in [9.17, 15) is 17.2 Å². The predicted octanol–water partition coefficient (Wildman–Crippen LogP) is 4.73. The molecule has 4 rings (SSSR count). The van der Waals surface area contributed by atoms with Gasteiger partial charge in [-0.2, -0.15) is 0 Å². The largest absolute Gasteiger partial charge is 0.339 e. The molecule has 2 aromatic heterocycles. The van der Waals surface area contributed by atoms with Crippen LogP contribution in [0.25, 0.3) is 33.4 Å². The van der Waals surface area contributed by atoms with Crippen LogP contribution in [-0.2, 0) is 10.0 Å². The second-order valence-electron chi connectivity index (χ2n) is 7.21. The molecule has 0 bridgehead atoms. The fraction of sp³-hybridized carbons (Fsp3) is 0.136. The molecule has 0 atom stereocenters. The zero-order chi connectivity index (χ0) is 21.6. The van der Waals surface area contributed by atoms with Crippen LogP contribution in [0.15, 0.2) is 59.6 Å². The van der Waals surface area contributed by atoms with Crippen LogP contribution in [0.2, 0.25) is 0 Å². The van der Waals surface area contributed by atoms with Gasteiger partial charge in [-0.15, -0.1) is 0 Å². The zero-order valence-electron chi connectivity index (χ0n) is 16.6. The standard InChI is InChI=1S/C22H19F2N3O2S/c1-13-9-16(30(28,29)27(2)3)7-8-17(13)15-10-14-11-20(26-22(14)25-12-15)21-18(23)5-4-6-19(21)24/h4-12H,1-3H3,(H,25,26). The summed E-state index contributed by atoms with van der Waals surface area (Å²) in [5.41, 5.74) is 3.03. The van der Waals surface area contributed by atoms with Gasteiger partial charge >= 0.3 is 0 Å². The first-order chi connectivity index (χ1) is 14.2. The highest BCUT2D eigenvalue weighted by atomic mass is 32.2. The molecule has 5 nitrogen and oxygen atoms in total. The summed E-state index contributed by atoms with van der Waals surface area (Å²) in [6.45, 7) is 1.82. The summed E-state index contributed by atoms with van der Waals surface area (Å²) in [4.78, 5) is 7.54. The van der Waals surface area contributed by atoms with Gasteiger partial charge in [0.2, 0.25) is 10.0 Å². The number of aromatic amines is 1. The van der Waals surface area contributed by atoms with E-state index in [0.717, 1.165) is 21.0 Å². The van der Waals surface area contributed by atoms with Crippen molar-refractivity contribution in [1.29, 1.82) is 0 Å². The smallest absolute Gasteiger partial charge is 0.242 e. The van der Waals surface area contributed by atoms with Crippen LogP contribution in [-0.4, -0.2) is 36.8 Å². The third-order valence-corrected chi connectivity index (χ3v) is 6.80. The van der Waals surface area contributed by atoms with E-state index >= 15 is 0 Å². The van der Waals surface area contributed by atoms with E-state index in [2.05, 4.69) is 9.97 Å². The maximum Gasteiger partial charge on any atom is 0.242 e. The molecule has 0 aliphatic heterocycles. The van der Waals surface area contributed by atoms with Gasteiger partial charge in [0.15, 0.2) is 0 Å². The van der Waals surface area contributed by atoms with Gasteiger partial charge in [-0.25, -0.2) is 26.5 Å². The lowest BCUT2D eigenvalue weighted by Crippen LogP contribution is -2.22. The van der Waals surface area contributed by atoms with Gasteiger partial charge in [0.05, 0.1) is 16.2 Å². The molecule has 0 fully saturated rings. The van der Waals surface area contributed by atoms with Crippen molar-refractivity contribution >= 4 is 21.1 Å². The molecule has 0 aliphatic rings. The molecular weight excluding hydrogens is 408 g/mol. The number of nitrogens with one attached hydrogen (secondary N) is 1. The number of H-pyrrole nitrogens is 1. The number of pyridine rings is 1. The van der Waals surface area contributed by atoms with E-state index in [-0.39, 0.29) is 10.5 Å². The third kappa shape index (κ3) is 3.38. The number of aryl methyl sites for hydroxylation is 1. The van der Waals surface area contributed by atoms with E-state index in [1.54, 1.807) is 30.5 Å². The molecule has 0 radical (unpaired) electrons. The second-order valence-corrected chi connectivity index (χ2v) is 9.36. The Morgan fingerprint density at radius 2 is 1.70 bits per heavy atom. The van der Waals surface area contributed by atoms with Crippen molar-refractivity contribution in [2.75, 3.05) is 14.1 Å². The van der Waals surface area contributed by atoms with Gasteiger partial charge < -0.3 is 4.98 Å². The van der Waals surface area contributed by atoms with Crippen LogP contribution in [0, 0.1) is 18.6 Å². The molecule has 0 aliphatic carbocycles. The lowest BCUT2D eigenvalue weighted by molar-refractivity contribution is 0.520. The Kier molecular flexibility index (Phi) is 4.91. The number of sulfonamides is 1. The number of nitrogens with zero attached hydrogens (tertiary/aromatic N) is 2. The first-order valence-corrected chi connectivity index (χ1v) is 10.6. The van der Waals surface area contributed by atoms with Gasteiger partial charge in [0, 0.05) is 31.2 Å².